The molecule has 3 amide bonds. The predicted octanol–water partition coefficient (Wildman–Crippen LogP) is 4.94. The number of nitrogens with one attached hydrogen (secondary N) is 2. The third-order valence-corrected chi connectivity index (χ3v) is 5.04. The Kier molecular flexibility index (Phi) is 6.87. The third kappa shape index (κ3) is 6.13. The monoisotopic (exact) mass is 429 g/mol. The van der Waals surface area contributed by atoms with Gasteiger partial charge in [0.1, 0.15) is 11.9 Å². The van der Waals surface area contributed by atoms with Crippen LogP contribution in [-0.4, -0.2) is 41.6 Å². The van der Waals surface area contributed by atoms with E-state index in [9.17, 15) is 9.59 Å². The van der Waals surface area contributed by atoms with Crippen LogP contribution in [0.4, 0.5) is 10.5 Å². The lowest BCUT2D eigenvalue weighted by Crippen LogP contribution is -2.43. The smallest absolute Gasteiger partial charge is 0.321 e. The third-order valence-electron chi connectivity index (χ3n) is 4.72. The quantitative estimate of drug-likeness (QED) is 0.722. The van der Waals surface area contributed by atoms with Crippen molar-refractivity contribution in [2.24, 2.45) is 0 Å². The molecule has 0 unspecified atom stereocenters. The van der Waals surface area contributed by atoms with Crippen molar-refractivity contribution in [2.75, 3.05) is 18.4 Å². The number of para-hydroxylation sites is 1. The number of carbonyl (C=O) groups is 2. The predicted molar refractivity (Wildman–Crippen MR) is 119 cm³/mol. The highest BCUT2D eigenvalue weighted by Crippen LogP contribution is 2.27. The SMILES string of the molecule is CC(C)(C)NC(=O)c1cccc(NC(=O)N2CCC(Oc3ccccc3Cl)CC2)c1. The molecule has 1 aliphatic rings. The van der Waals surface area contributed by atoms with E-state index in [1.807, 2.05) is 39.0 Å². The molecule has 0 aliphatic carbocycles. The summed E-state index contributed by atoms with van der Waals surface area (Å²) in [6.07, 6.45) is 1.48. The van der Waals surface area contributed by atoms with Gasteiger partial charge in [-0.25, -0.2) is 4.79 Å². The summed E-state index contributed by atoms with van der Waals surface area (Å²) in [5.41, 5.74) is 0.776. The van der Waals surface area contributed by atoms with Crippen LogP contribution in [0.5, 0.6) is 5.75 Å². The summed E-state index contributed by atoms with van der Waals surface area (Å²) in [7, 11) is 0. The number of rotatable bonds is 4. The molecule has 0 bridgehead atoms. The highest BCUT2D eigenvalue weighted by Gasteiger charge is 2.24. The highest BCUT2D eigenvalue weighted by atomic mass is 35.5. The normalized spacial score (nSPS) is 14.9. The van der Waals surface area contributed by atoms with Crippen molar-refractivity contribution in [1.82, 2.24) is 10.2 Å². The van der Waals surface area contributed by atoms with Crippen LogP contribution in [0.2, 0.25) is 5.02 Å². The molecule has 160 valence electrons. The fourth-order valence-electron chi connectivity index (χ4n) is 3.25. The molecule has 1 fully saturated rings. The van der Waals surface area contributed by atoms with Crippen molar-refractivity contribution >= 4 is 29.2 Å². The number of hydrogen-bond acceptors (Lipinski definition) is 3. The average molecular weight is 430 g/mol. The Bertz CT molecular complexity index is 903. The molecule has 0 saturated carbocycles. The highest BCUT2D eigenvalue weighted by molar-refractivity contribution is 6.32. The fraction of sp³-hybridized carbons (Fsp3) is 0.391. The van der Waals surface area contributed by atoms with Gasteiger partial charge < -0.3 is 20.3 Å². The number of benzene rings is 2. The summed E-state index contributed by atoms with van der Waals surface area (Å²) < 4.78 is 5.98. The zero-order valence-corrected chi connectivity index (χ0v) is 18.3. The Morgan fingerprint density at radius 3 is 2.43 bits per heavy atom. The van der Waals surface area contributed by atoms with Crippen molar-refractivity contribution in [3.05, 3.63) is 59.1 Å². The summed E-state index contributed by atoms with van der Waals surface area (Å²) in [6.45, 7) is 6.96. The first-order valence-electron chi connectivity index (χ1n) is 10.1. The van der Waals surface area contributed by atoms with E-state index in [-0.39, 0.29) is 23.6 Å². The van der Waals surface area contributed by atoms with Gasteiger partial charge in [-0.1, -0.05) is 29.8 Å². The fourth-order valence-corrected chi connectivity index (χ4v) is 3.43. The molecule has 0 atom stereocenters. The number of nitrogens with zero attached hydrogens (tertiary/aromatic N) is 1. The number of carbonyl (C=O) groups excluding carboxylic acids is 2. The Morgan fingerprint density at radius 2 is 1.77 bits per heavy atom. The van der Waals surface area contributed by atoms with Crippen molar-refractivity contribution in [3.63, 3.8) is 0 Å². The minimum absolute atomic E-state index is 0.0263. The minimum atomic E-state index is -0.327. The zero-order chi connectivity index (χ0) is 21.7. The van der Waals surface area contributed by atoms with Crippen LogP contribution in [0.1, 0.15) is 44.0 Å². The molecule has 6 nitrogen and oxygen atoms in total. The molecule has 0 spiro atoms. The van der Waals surface area contributed by atoms with Gasteiger partial charge in [0, 0.05) is 42.7 Å². The van der Waals surface area contributed by atoms with Gasteiger partial charge in [0.2, 0.25) is 0 Å². The summed E-state index contributed by atoms with van der Waals surface area (Å²) in [5, 5.41) is 6.40. The zero-order valence-electron chi connectivity index (χ0n) is 17.6. The Balaban J connectivity index is 1.53. The van der Waals surface area contributed by atoms with E-state index in [1.54, 1.807) is 35.2 Å². The molecule has 0 radical (unpaired) electrons. The summed E-state index contributed by atoms with van der Waals surface area (Å²) in [4.78, 5) is 26.8. The number of piperidine rings is 1. The van der Waals surface area contributed by atoms with Crippen LogP contribution < -0.4 is 15.4 Å². The van der Waals surface area contributed by atoms with Crippen molar-refractivity contribution in [2.45, 2.75) is 45.3 Å². The molecule has 7 heteroatoms. The number of amides is 3. The van der Waals surface area contributed by atoms with Crippen LogP contribution in [0.3, 0.4) is 0 Å². The largest absolute Gasteiger partial charge is 0.489 e. The van der Waals surface area contributed by atoms with Crippen molar-refractivity contribution in [3.8, 4) is 5.75 Å². The molecule has 1 heterocycles. The van der Waals surface area contributed by atoms with E-state index >= 15 is 0 Å². The van der Waals surface area contributed by atoms with Gasteiger partial charge >= 0.3 is 6.03 Å². The lowest BCUT2D eigenvalue weighted by molar-refractivity contribution is 0.0919. The summed E-state index contributed by atoms with van der Waals surface area (Å²) in [5.74, 6) is 0.503. The molecule has 1 aliphatic heterocycles. The minimum Gasteiger partial charge on any atom is -0.489 e. The molecule has 2 aromatic rings. The van der Waals surface area contributed by atoms with Gasteiger partial charge in [-0.2, -0.15) is 0 Å². The van der Waals surface area contributed by atoms with Gasteiger partial charge in [-0.3, -0.25) is 4.79 Å². The van der Waals surface area contributed by atoms with Crippen LogP contribution in [0, 0.1) is 0 Å². The lowest BCUT2D eigenvalue weighted by atomic mass is 10.1. The van der Waals surface area contributed by atoms with E-state index in [0.717, 1.165) is 12.8 Å². The van der Waals surface area contributed by atoms with Gasteiger partial charge in [-0.15, -0.1) is 0 Å². The van der Waals surface area contributed by atoms with Crippen molar-refractivity contribution in [1.29, 1.82) is 0 Å². The molecule has 30 heavy (non-hydrogen) atoms. The molecule has 2 aromatic carbocycles. The number of halogens is 1. The number of likely N-dealkylation sites (tertiary alicyclic amines) is 1. The van der Waals surface area contributed by atoms with E-state index < -0.39 is 0 Å². The first-order chi connectivity index (χ1) is 14.2. The van der Waals surface area contributed by atoms with E-state index in [1.165, 1.54) is 0 Å². The van der Waals surface area contributed by atoms with E-state index in [0.29, 0.717) is 35.1 Å². The first kappa shape index (κ1) is 22.0. The van der Waals surface area contributed by atoms with E-state index in [2.05, 4.69) is 10.6 Å². The maximum atomic E-state index is 12.6. The van der Waals surface area contributed by atoms with Crippen LogP contribution in [-0.2, 0) is 0 Å². The Morgan fingerprint density at radius 1 is 1.07 bits per heavy atom. The van der Waals surface area contributed by atoms with Crippen LogP contribution in [0.15, 0.2) is 48.5 Å². The number of hydrogen-bond donors (Lipinski definition) is 2. The standard InChI is InChI=1S/C23H28ClN3O3/c1-23(2,3)26-21(28)16-7-6-8-17(15-16)25-22(29)27-13-11-18(12-14-27)30-20-10-5-4-9-19(20)24/h4-10,15,18H,11-14H2,1-3H3,(H,25,29)(H,26,28). The number of anilines is 1. The average Bonchev–Trinajstić information content (AvgIpc) is 2.69. The number of ether oxygens (including phenoxy) is 1. The molecular weight excluding hydrogens is 402 g/mol. The first-order valence-corrected chi connectivity index (χ1v) is 10.5. The van der Waals surface area contributed by atoms with Crippen LogP contribution in [0.25, 0.3) is 0 Å². The Hall–Kier alpha value is -2.73. The van der Waals surface area contributed by atoms with Crippen molar-refractivity contribution < 1.29 is 14.3 Å². The summed E-state index contributed by atoms with van der Waals surface area (Å²) in [6, 6.07) is 14.2. The van der Waals surface area contributed by atoms with Gasteiger partial charge in [0.25, 0.3) is 5.91 Å². The van der Waals surface area contributed by atoms with Crippen LogP contribution >= 0.6 is 11.6 Å². The van der Waals surface area contributed by atoms with Gasteiger partial charge in [0.05, 0.1) is 5.02 Å². The second-order valence-electron chi connectivity index (χ2n) is 8.45. The number of urea groups is 1. The topological polar surface area (TPSA) is 70.7 Å². The van der Waals surface area contributed by atoms with E-state index in [4.69, 9.17) is 16.3 Å². The Labute approximate surface area is 182 Å². The molecule has 2 N–H and O–H groups in total. The second-order valence-corrected chi connectivity index (χ2v) is 8.86. The molecular formula is C23H28ClN3O3. The second kappa shape index (κ2) is 9.39. The summed E-state index contributed by atoms with van der Waals surface area (Å²) >= 11 is 6.16. The van der Waals surface area contributed by atoms with Gasteiger partial charge in [-0.05, 0) is 51.1 Å². The lowest BCUT2D eigenvalue weighted by Gasteiger charge is -2.32. The molecule has 3 rings (SSSR count). The van der Waals surface area contributed by atoms with Gasteiger partial charge in [0.15, 0.2) is 0 Å². The molecule has 0 aromatic heterocycles. The molecule has 1 saturated heterocycles. The maximum absolute atomic E-state index is 12.6. The maximum Gasteiger partial charge on any atom is 0.321 e.